The van der Waals surface area contributed by atoms with E-state index >= 15 is 0 Å². The molecule has 2 rings (SSSR count). The molecule has 1 aromatic carbocycles. The molecule has 2 nitrogen and oxygen atoms in total. The minimum absolute atomic E-state index is 0.228. The van der Waals surface area contributed by atoms with Gasteiger partial charge in [0.15, 0.2) is 0 Å². The first-order chi connectivity index (χ1) is 9.42. The Morgan fingerprint density at radius 2 is 1.85 bits per heavy atom. The smallest absolute Gasteiger partial charge is 0.428 e. The molecule has 2 aromatic rings. The molecule has 0 bridgehead atoms. The molecule has 2 N–H and O–H groups in total. The van der Waals surface area contributed by atoms with Crippen LogP contribution in [0.3, 0.4) is 0 Å². The van der Waals surface area contributed by atoms with Crippen molar-refractivity contribution in [1.82, 2.24) is 0 Å². The van der Waals surface area contributed by atoms with Gasteiger partial charge in [-0.2, -0.15) is 28.9 Å². The van der Waals surface area contributed by atoms with E-state index in [0.717, 1.165) is 0 Å². The minimum atomic E-state index is -4.55. The average Bonchev–Trinajstić information content (AvgIpc) is 2.92. The van der Waals surface area contributed by atoms with Gasteiger partial charge >= 0.3 is 12.5 Å². The van der Waals surface area contributed by atoms with E-state index in [1.54, 1.807) is 22.9 Å². The van der Waals surface area contributed by atoms with Crippen LogP contribution >= 0.6 is 11.3 Å². The topological polar surface area (TPSA) is 35.2 Å². The molecular formula is C13H11F4NOS. The normalized spacial score (nSPS) is 13.5. The summed E-state index contributed by atoms with van der Waals surface area (Å²) in [5.74, 6) is -0.350. The highest BCUT2D eigenvalue weighted by atomic mass is 32.1. The predicted molar refractivity (Wildman–Crippen MR) is 68.4 cm³/mol. The van der Waals surface area contributed by atoms with E-state index in [2.05, 4.69) is 4.74 Å². The van der Waals surface area contributed by atoms with Crippen LogP contribution in [0.1, 0.15) is 17.2 Å². The zero-order valence-electron chi connectivity index (χ0n) is 10.1. The summed E-state index contributed by atoms with van der Waals surface area (Å²) < 4.78 is 54.6. The van der Waals surface area contributed by atoms with Gasteiger partial charge < -0.3 is 10.5 Å². The van der Waals surface area contributed by atoms with E-state index in [4.69, 9.17) is 5.73 Å². The molecule has 0 saturated carbocycles. The van der Waals surface area contributed by atoms with Crippen LogP contribution in [0, 0.1) is 0 Å². The number of halogens is 4. The first-order valence-electron chi connectivity index (χ1n) is 5.63. The second-order valence-corrected chi connectivity index (χ2v) is 4.82. The fraction of sp³-hybridized carbons (Fsp3) is 0.231. The molecule has 0 amide bonds. The molecular weight excluding hydrogens is 294 g/mol. The number of alkyl halides is 4. The van der Waals surface area contributed by atoms with Gasteiger partial charge in [0.2, 0.25) is 0 Å². The lowest BCUT2D eigenvalue weighted by atomic mass is 10.0. The third kappa shape index (κ3) is 3.10. The lowest BCUT2D eigenvalue weighted by Crippen LogP contribution is -2.34. The van der Waals surface area contributed by atoms with E-state index in [1.165, 1.54) is 29.5 Å². The molecule has 108 valence electrons. The number of rotatable bonds is 5. The second-order valence-electron chi connectivity index (χ2n) is 4.04. The Kier molecular flexibility index (Phi) is 4.29. The number of nitrogens with two attached hydrogens (primary N) is 1. The number of hydrogen-bond acceptors (Lipinski definition) is 3. The van der Waals surface area contributed by atoms with Gasteiger partial charge in [-0.05, 0) is 28.5 Å². The highest BCUT2D eigenvalue weighted by molar-refractivity contribution is 7.08. The van der Waals surface area contributed by atoms with Crippen molar-refractivity contribution >= 4 is 11.3 Å². The number of ether oxygens (including phenoxy) is 1. The highest BCUT2D eigenvalue weighted by Gasteiger charge is 2.44. The van der Waals surface area contributed by atoms with Crippen molar-refractivity contribution in [3.8, 4) is 5.75 Å². The van der Waals surface area contributed by atoms with Gasteiger partial charge in [-0.3, -0.25) is 0 Å². The van der Waals surface area contributed by atoms with Crippen LogP contribution in [0.25, 0.3) is 0 Å². The van der Waals surface area contributed by atoms with Crippen LogP contribution in [-0.4, -0.2) is 12.5 Å². The monoisotopic (exact) mass is 305 g/mol. The molecule has 0 aliphatic heterocycles. The first kappa shape index (κ1) is 14.8. The maximum atomic E-state index is 13.0. The van der Waals surface area contributed by atoms with Gasteiger partial charge in [0.05, 0.1) is 6.04 Å². The zero-order valence-corrected chi connectivity index (χ0v) is 10.9. The lowest BCUT2D eigenvalue weighted by Gasteiger charge is -2.21. The summed E-state index contributed by atoms with van der Waals surface area (Å²) in [6, 6.07) is 6.68. The summed E-state index contributed by atoms with van der Waals surface area (Å²) in [4.78, 5) is 0. The van der Waals surface area contributed by atoms with Crippen molar-refractivity contribution in [1.29, 1.82) is 0 Å². The SMILES string of the molecule is N[C@@H](c1ccsc1)c1ccccc1OC(F)(F)C(F)F. The number of para-hydroxylation sites is 1. The van der Waals surface area contributed by atoms with Crippen LogP contribution in [-0.2, 0) is 0 Å². The van der Waals surface area contributed by atoms with Gasteiger partial charge in [-0.15, -0.1) is 0 Å². The molecule has 1 heterocycles. The van der Waals surface area contributed by atoms with Gasteiger partial charge in [-0.1, -0.05) is 18.2 Å². The fourth-order valence-corrected chi connectivity index (χ4v) is 2.35. The highest BCUT2D eigenvalue weighted by Crippen LogP contribution is 2.34. The average molecular weight is 305 g/mol. The number of hydrogen-bond donors (Lipinski definition) is 1. The van der Waals surface area contributed by atoms with Gasteiger partial charge in [0, 0.05) is 5.56 Å². The fourth-order valence-electron chi connectivity index (χ4n) is 1.65. The van der Waals surface area contributed by atoms with E-state index < -0.39 is 18.6 Å². The van der Waals surface area contributed by atoms with E-state index in [9.17, 15) is 17.6 Å². The van der Waals surface area contributed by atoms with Crippen molar-refractivity contribution in [2.45, 2.75) is 18.6 Å². The summed E-state index contributed by atoms with van der Waals surface area (Å²) in [6.07, 6.45) is -8.46. The molecule has 0 radical (unpaired) electrons. The molecule has 1 atom stereocenters. The molecule has 0 unspecified atom stereocenters. The number of thiophene rings is 1. The van der Waals surface area contributed by atoms with E-state index in [1.807, 2.05) is 0 Å². The van der Waals surface area contributed by atoms with Gasteiger partial charge in [0.25, 0.3) is 0 Å². The second kappa shape index (κ2) is 5.80. The van der Waals surface area contributed by atoms with Crippen molar-refractivity contribution in [2.24, 2.45) is 5.73 Å². The molecule has 0 saturated heterocycles. The Hall–Kier alpha value is -1.60. The van der Waals surface area contributed by atoms with E-state index in [-0.39, 0.29) is 11.3 Å². The molecule has 0 spiro atoms. The minimum Gasteiger partial charge on any atom is -0.428 e. The summed E-state index contributed by atoms with van der Waals surface area (Å²) in [5.41, 5.74) is 6.88. The molecule has 1 aromatic heterocycles. The van der Waals surface area contributed by atoms with Crippen LogP contribution < -0.4 is 10.5 Å². The van der Waals surface area contributed by atoms with Crippen molar-refractivity contribution in [3.05, 3.63) is 52.2 Å². The summed E-state index contributed by atoms with van der Waals surface area (Å²) >= 11 is 1.40. The third-order valence-electron chi connectivity index (χ3n) is 2.66. The maximum Gasteiger partial charge on any atom is 0.461 e. The quantitative estimate of drug-likeness (QED) is 0.846. The Morgan fingerprint density at radius 3 is 2.45 bits per heavy atom. The van der Waals surface area contributed by atoms with Crippen LogP contribution in [0.5, 0.6) is 5.75 Å². The first-order valence-corrected chi connectivity index (χ1v) is 6.57. The van der Waals surface area contributed by atoms with Gasteiger partial charge in [-0.25, -0.2) is 0 Å². The molecule has 0 fully saturated rings. The summed E-state index contributed by atoms with van der Waals surface area (Å²) in [7, 11) is 0. The Labute approximate surface area is 116 Å². The number of benzene rings is 1. The van der Waals surface area contributed by atoms with Crippen LogP contribution in [0.2, 0.25) is 0 Å². The standard InChI is InChI=1S/C13H11F4NOS/c14-12(15)13(16,17)19-10-4-2-1-3-9(10)11(18)8-5-6-20-7-8/h1-7,11-12H,18H2/t11-/m0/s1. The maximum absolute atomic E-state index is 13.0. The Bertz CT molecular complexity index is 559. The summed E-state index contributed by atoms with van der Waals surface area (Å²) in [6.45, 7) is 0. The van der Waals surface area contributed by atoms with Crippen molar-refractivity contribution in [2.75, 3.05) is 0 Å². The molecule has 20 heavy (non-hydrogen) atoms. The predicted octanol–water partition coefficient (Wildman–Crippen LogP) is 4.03. The molecule has 0 aliphatic carbocycles. The van der Waals surface area contributed by atoms with Gasteiger partial charge in [0.1, 0.15) is 5.75 Å². The largest absolute Gasteiger partial charge is 0.461 e. The zero-order chi connectivity index (χ0) is 14.8. The van der Waals surface area contributed by atoms with Crippen molar-refractivity contribution < 1.29 is 22.3 Å². The Balaban J connectivity index is 2.31. The van der Waals surface area contributed by atoms with Crippen LogP contribution in [0.15, 0.2) is 41.1 Å². The third-order valence-corrected chi connectivity index (χ3v) is 3.36. The van der Waals surface area contributed by atoms with Crippen molar-refractivity contribution in [3.63, 3.8) is 0 Å². The molecule has 0 aliphatic rings. The summed E-state index contributed by atoms with van der Waals surface area (Å²) in [5, 5.41) is 3.54. The Morgan fingerprint density at radius 1 is 1.15 bits per heavy atom. The lowest BCUT2D eigenvalue weighted by molar-refractivity contribution is -0.253. The van der Waals surface area contributed by atoms with E-state index in [0.29, 0.717) is 5.56 Å². The van der Waals surface area contributed by atoms with Crippen LogP contribution in [0.4, 0.5) is 17.6 Å². The molecule has 7 heteroatoms.